The number of hydrogen-bond donors (Lipinski definition) is 2. The van der Waals surface area contributed by atoms with E-state index in [2.05, 4.69) is 15.7 Å². The van der Waals surface area contributed by atoms with Gasteiger partial charge >= 0.3 is 6.03 Å². The fourth-order valence-corrected chi connectivity index (χ4v) is 2.34. The van der Waals surface area contributed by atoms with Crippen LogP contribution in [-0.4, -0.2) is 15.8 Å². The van der Waals surface area contributed by atoms with Crippen LogP contribution >= 0.6 is 0 Å². The molecule has 0 aliphatic rings. The van der Waals surface area contributed by atoms with Gasteiger partial charge in [0.05, 0.1) is 6.54 Å². The summed E-state index contributed by atoms with van der Waals surface area (Å²) in [6, 6.07) is 15.0. The molecular formula is C18H17FN4O. The Hall–Kier alpha value is -3.15. The van der Waals surface area contributed by atoms with Crippen LogP contribution in [0.2, 0.25) is 0 Å². The number of urea groups is 1. The molecule has 0 aliphatic heterocycles. The van der Waals surface area contributed by atoms with Crippen molar-refractivity contribution in [2.45, 2.75) is 13.1 Å². The second-order valence-electron chi connectivity index (χ2n) is 5.29. The number of benzene rings is 2. The summed E-state index contributed by atoms with van der Waals surface area (Å²) in [6.07, 6.45) is 3.63. The van der Waals surface area contributed by atoms with Crippen LogP contribution < -0.4 is 10.6 Å². The summed E-state index contributed by atoms with van der Waals surface area (Å²) >= 11 is 0. The second-order valence-corrected chi connectivity index (χ2v) is 5.29. The smallest absolute Gasteiger partial charge is 0.319 e. The van der Waals surface area contributed by atoms with E-state index in [1.807, 2.05) is 41.2 Å². The van der Waals surface area contributed by atoms with Crippen molar-refractivity contribution in [3.05, 3.63) is 83.9 Å². The maximum absolute atomic E-state index is 12.9. The highest BCUT2D eigenvalue weighted by molar-refractivity contribution is 5.89. The number of nitrogens with one attached hydrogen (secondary N) is 2. The first-order valence-electron chi connectivity index (χ1n) is 7.55. The molecule has 0 aliphatic carbocycles. The molecule has 6 heteroatoms. The zero-order chi connectivity index (χ0) is 16.8. The van der Waals surface area contributed by atoms with Crippen molar-refractivity contribution < 1.29 is 9.18 Å². The first-order chi connectivity index (χ1) is 11.7. The number of rotatable bonds is 5. The van der Waals surface area contributed by atoms with Crippen LogP contribution in [0.5, 0.6) is 0 Å². The van der Waals surface area contributed by atoms with E-state index in [1.54, 1.807) is 6.20 Å². The van der Waals surface area contributed by atoms with Gasteiger partial charge in [-0.2, -0.15) is 5.10 Å². The van der Waals surface area contributed by atoms with Crippen molar-refractivity contribution in [1.29, 1.82) is 0 Å². The fraction of sp³-hybridized carbons (Fsp3) is 0.111. The minimum atomic E-state index is -0.339. The Morgan fingerprint density at radius 3 is 2.50 bits per heavy atom. The molecule has 0 saturated carbocycles. The highest BCUT2D eigenvalue weighted by Crippen LogP contribution is 2.11. The number of anilines is 1. The van der Waals surface area contributed by atoms with Gasteiger partial charge in [0.25, 0.3) is 0 Å². The van der Waals surface area contributed by atoms with Crippen LogP contribution in [-0.2, 0) is 13.1 Å². The van der Waals surface area contributed by atoms with Crippen LogP contribution in [0.1, 0.15) is 11.1 Å². The molecule has 0 radical (unpaired) electrons. The van der Waals surface area contributed by atoms with Crippen LogP contribution in [0.15, 0.2) is 67.0 Å². The zero-order valence-corrected chi connectivity index (χ0v) is 12.9. The van der Waals surface area contributed by atoms with Crippen molar-refractivity contribution >= 4 is 11.7 Å². The van der Waals surface area contributed by atoms with Gasteiger partial charge in [0, 0.05) is 24.6 Å². The topological polar surface area (TPSA) is 59.0 Å². The maximum Gasteiger partial charge on any atom is 0.319 e. The van der Waals surface area contributed by atoms with Gasteiger partial charge in [-0.15, -0.1) is 0 Å². The molecular weight excluding hydrogens is 307 g/mol. The van der Waals surface area contributed by atoms with Gasteiger partial charge in [-0.05, 0) is 41.5 Å². The number of hydrogen-bond acceptors (Lipinski definition) is 2. The van der Waals surface area contributed by atoms with Gasteiger partial charge in [-0.25, -0.2) is 9.18 Å². The molecule has 24 heavy (non-hydrogen) atoms. The normalized spacial score (nSPS) is 10.4. The summed E-state index contributed by atoms with van der Waals surface area (Å²) in [5, 5.41) is 9.68. The SMILES string of the molecule is O=C(NCc1ccccc1Cn1cccn1)Nc1ccc(F)cc1. The highest BCUT2D eigenvalue weighted by Gasteiger charge is 2.06. The van der Waals surface area contributed by atoms with Crippen LogP contribution in [0.4, 0.5) is 14.9 Å². The summed E-state index contributed by atoms with van der Waals surface area (Å²) in [6.45, 7) is 1.04. The number of halogens is 1. The lowest BCUT2D eigenvalue weighted by molar-refractivity contribution is 0.251. The van der Waals surface area contributed by atoms with E-state index in [0.29, 0.717) is 18.8 Å². The first kappa shape index (κ1) is 15.7. The summed E-state index contributed by atoms with van der Waals surface area (Å²) in [5.41, 5.74) is 2.64. The lowest BCUT2D eigenvalue weighted by atomic mass is 10.1. The van der Waals surface area contributed by atoms with Gasteiger partial charge in [0.2, 0.25) is 0 Å². The molecule has 0 bridgehead atoms. The van der Waals surface area contributed by atoms with Crippen molar-refractivity contribution in [3.8, 4) is 0 Å². The third-order valence-corrected chi connectivity index (χ3v) is 3.55. The van der Waals surface area contributed by atoms with E-state index in [0.717, 1.165) is 11.1 Å². The van der Waals surface area contributed by atoms with Crippen molar-refractivity contribution in [1.82, 2.24) is 15.1 Å². The van der Waals surface area contributed by atoms with E-state index in [9.17, 15) is 9.18 Å². The average Bonchev–Trinajstić information content (AvgIpc) is 3.09. The quantitative estimate of drug-likeness (QED) is 0.756. The molecule has 2 aromatic carbocycles. The van der Waals surface area contributed by atoms with Crippen molar-refractivity contribution in [3.63, 3.8) is 0 Å². The van der Waals surface area contributed by atoms with Gasteiger partial charge < -0.3 is 10.6 Å². The number of aromatic nitrogens is 2. The Bertz CT molecular complexity index is 800. The van der Waals surface area contributed by atoms with Gasteiger partial charge in [0.1, 0.15) is 5.82 Å². The molecule has 122 valence electrons. The Balaban J connectivity index is 1.60. The summed E-state index contributed by atoms with van der Waals surface area (Å²) < 4.78 is 14.7. The average molecular weight is 324 g/mol. The van der Waals surface area contributed by atoms with Crippen molar-refractivity contribution in [2.24, 2.45) is 0 Å². The van der Waals surface area contributed by atoms with Gasteiger partial charge in [-0.3, -0.25) is 4.68 Å². The predicted molar refractivity (Wildman–Crippen MR) is 90.0 cm³/mol. The second kappa shape index (κ2) is 7.41. The molecule has 5 nitrogen and oxygen atoms in total. The molecule has 2 N–H and O–H groups in total. The monoisotopic (exact) mass is 324 g/mol. The molecule has 0 fully saturated rings. The lowest BCUT2D eigenvalue weighted by Crippen LogP contribution is -2.28. The third kappa shape index (κ3) is 4.19. The Morgan fingerprint density at radius 1 is 1.04 bits per heavy atom. The molecule has 0 saturated heterocycles. The van der Waals surface area contributed by atoms with Crippen molar-refractivity contribution in [2.75, 3.05) is 5.32 Å². The molecule has 0 atom stereocenters. The summed E-state index contributed by atoms with van der Waals surface area (Å²) in [4.78, 5) is 12.0. The van der Waals surface area contributed by atoms with Gasteiger partial charge in [-0.1, -0.05) is 24.3 Å². The third-order valence-electron chi connectivity index (χ3n) is 3.55. The highest BCUT2D eigenvalue weighted by atomic mass is 19.1. The number of carbonyl (C=O) groups is 1. The van der Waals surface area contributed by atoms with E-state index in [1.165, 1.54) is 24.3 Å². The lowest BCUT2D eigenvalue weighted by Gasteiger charge is -2.12. The molecule has 0 spiro atoms. The Kier molecular flexibility index (Phi) is 4.86. The molecule has 1 heterocycles. The van der Waals surface area contributed by atoms with Gasteiger partial charge in [0.15, 0.2) is 0 Å². The minimum Gasteiger partial charge on any atom is -0.334 e. The minimum absolute atomic E-state index is 0.337. The Morgan fingerprint density at radius 2 is 1.79 bits per heavy atom. The summed E-state index contributed by atoms with van der Waals surface area (Å²) in [7, 11) is 0. The molecule has 3 aromatic rings. The predicted octanol–water partition coefficient (Wildman–Crippen LogP) is 3.39. The molecule has 3 rings (SSSR count). The zero-order valence-electron chi connectivity index (χ0n) is 12.9. The summed E-state index contributed by atoms with van der Waals surface area (Å²) in [5.74, 6) is -0.339. The van der Waals surface area contributed by atoms with Crippen LogP contribution in [0, 0.1) is 5.82 Å². The van der Waals surface area contributed by atoms with Crippen LogP contribution in [0.25, 0.3) is 0 Å². The van der Waals surface area contributed by atoms with Crippen LogP contribution in [0.3, 0.4) is 0 Å². The first-order valence-corrected chi connectivity index (χ1v) is 7.55. The fourth-order valence-electron chi connectivity index (χ4n) is 2.34. The van der Waals surface area contributed by atoms with E-state index >= 15 is 0 Å². The molecule has 0 unspecified atom stereocenters. The molecule has 1 aromatic heterocycles. The maximum atomic E-state index is 12.9. The largest absolute Gasteiger partial charge is 0.334 e. The van der Waals surface area contributed by atoms with E-state index < -0.39 is 0 Å². The number of nitrogens with zero attached hydrogens (tertiary/aromatic N) is 2. The standard InChI is InChI=1S/C18H17FN4O/c19-16-6-8-17(9-7-16)22-18(24)20-12-14-4-1-2-5-15(14)13-23-11-3-10-21-23/h1-11H,12-13H2,(H2,20,22,24). The Labute approximate surface area is 139 Å². The number of carbonyl (C=O) groups excluding carboxylic acids is 1. The van der Waals surface area contributed by atoms with E-state index in [-0.39, 0.29) is 11.8 Å². The molecule has 2 amide bonds. The number of amides is 2. The van der Waals surface area contributed by atoms with E-state index in [4.69, 9.17) is 0 Å².